The molecular formula is C14H19NOS. The average Bonchev–Trinajstić information content (AvgIpc) is 2.35. The average molecular weight is 249 g/mol. The van der Waals surface area contributed by atoms with Crippen molar-refractivity contribution in [2.75, 3.05) is 12.3 Å². The lowest BCUT2D eigenvalue weighted by Gasteiger charge is -2.32. The molecule has 1 N–H and O–H groups in total. The Morgan fingerprint density at radius 3 is 3.06 bits per heavy atom. The molecule has 2 unspecified atom stereocenters. The minimum atomic E-state index is 0.173. The highest BCUT2D eigenvalue weighted by Gasteiger charge is 2.27. The molecule has 0 aliphatic carbocycles. The van der Waals surface area contributed by atoms with Crippen molar-refractivity contribution in [1.82, 2.24) is 5.32 Å². The minimum Gasteiger partial charge on any atom is -0.486 e. The number of hydrogen-bond donors (Lipinski definition) is 1. The van der Waals surface area contributed by atoms with Gasteiger partial charge in [0.1, 0.15) is 11.9 Å². The molecule has 1 aromatic rings. The second kappa shape index (κ2) is 5.61. The first-order valence-corrected chi connectivity index (χ1v) is 6.98. The fraction of sp³-hybridized carbons (Fsp3) is 0.429. The van der Waals surface area contributed by atoms with Gasteiger partial charge in [-0.05, 0) is 25.6 Å². The third kappa shape index (κ3) is 2.85. The molecule has 0 amide bonds. The number of benzene rings is 1. The van der Waals surface area contributed by atoms with Crippen molar-refractivity contribution >= 4 is 11.8 Å². The predicted octanol–water partition coefficient (Wildman–Crippen LogP) is 3.09. The molecule has 1 aromatic carbocycles. The van der Waals surface area contributed by atoms with Gasteiger partial charge in [-0.3, -0.25) is 0 Å². The molecule has 0 bridgehead atoms. The summed E-state index contributed by atoms with van der Waals surface area (Å²) in [7, 11) is 0. The Hall–Kier alpha value is -0.930. The summed E-state index contributed by atoms with van der Waals surface area (Å²) in [6, 6.07) is 8.46. The Morgan fingerprint density at radius 1 is 1.59 bits per heavy atom. The van der Waals surface area contributed by atoms with Gasteiger partial charge in [-0.1, -0.05) is 31.2 Å². The SMILES string of the molecule is C=C(C)C(NCC)C1CSc2ccccc2O1. The Morgan fingerprint density at radius 2 is 2.35 bits per heavy atom. The quantitative estimate of drug-likeness (QED) is 0.829. The zero-order valence-corrected chi connectivity index (χ0v) is 11.2. The molecule has 1 aliphatic heterocycles. The van der Waals surface area contributed by atoms with E-state index in [0.29, 0.717) is 0 Å². The first-order chi connectivity index (χ1) is 8.22. The second-order valence-corrected chi connectivity index (χ2v) is 5.36. The lowest BCUT2D eigenvalue weighted by Crippen LogP contribution is -2.46. The monoisotopic (exact) mass is 249 g/mol. The van der Waals surface area contributed by atoms with E-state index in [4.69, 9.17) is 4.74 Å². The maximum atomic E-state index is 6.06. The van der Waals surface area contributed by atoms with Crippen molar-refractivity contribution in [3.8, 4) is 5.75 Å². The first-order valence-electron chi connectivity index (χ1n) is 5.99. The number of ether oxygens (including phenoxy) is 1. The van der Waals surface area contributed by atoms with Gasteiger partial charge >= 0.3 is 0 Å². The molecular weight excluding hydrogens is 230 g/mol. The van der Waals surface area contributed by atoms with Crippen molar-refractivity contribution < 1.29 is 4.74 Å². The van der Waals surface area contributed by atoms with Crippen LogP contribution in [0.4, 0.5) is 0 Å². The van der Waals surface area contributed by atoms with Crippen LogP contribution in [0.25, 0.3) is 0 Å². The van der Waals surface area contributed by atoms with Crippen LogP contribution in [0.1, 0.15) is 13.8 Å². The highest BCUT2D eigenvalue weighted by molar-refractivity contribution is 7.99. The Labute approximate surface area is 107 Å². The smallest absolute Gasteiger partial charge is 0.133 e. The summed E-state index contributed by atoms with van der Waals surface area (Å²) in [4.78, 5) is 1.24. The maximum absolute atomic E-state index is 6.06. The fourth-order valence-corrected chi connectivity index (χ4v) is 3.08. The first kappa shape index (κ1) is 12.5. The maximum Gasteiger partial charge on any atom is 0.133 e. The third-order valence-corrected chi connectivity index (χ3v) is 4.00. The lowest BCUT2D eigenvalue weighted by atomic mass is 10.1. The molecule has 1 aliphatic rings. The number of likely N-dealkylation sites (N-methyl/N-ethyl adjacent to an activating group) is 1. The molecule has 0 radical (unpaired) electrons. The molecule has 2 atom stereocenters. The van der Waals surface area contributed by atoms with Gasteiger partial charge in [0, 0.05) is 10.6 Å². The van der Waals surface area contributed by atoms with Crippen LogP contribution in [-0.4, -0.2) is 24.4 Å². The summed E-state index contributed by atoms with van der Waals surface area (Å²) < 4.78 is 6.06. The molecule has 0 saturated heterocycles. The molecule has 0 fully saturated rings. The van der Waals surface area contributed by atoms with Crippen LogP contribution in [-0.2, 0) is 0 Å². The molecule has 3 heteroatoms. The summed E-state index contributed by atoms with van der Waals surface area (Å²) >= 11 is 1.86. The molecule has 0 saturated carbocycles. The number of para-hydroxylation sites is 1. The molecule has 0 spiro atoms. The zero-order valence-electron chi connectivity index (χ0n) is 10.4. The van der Waals surface area contributed by atoms with Gasteiger partial charge in [0.2, 0.25) is 0 Å². The summed E-state index contributed by atoms with van der Waals surface area (Å²) in [5, 5.41) is 3.44. The van der Waals surface area contributed by atoms with Crippen LogP contribution in [0, 0.1) is 0 Å². The third-order valence-electron chi connectivity index (χ3n) is 2.86. The van der Waals surface area contributed by atoms with Gasteiger partial charge in [0.25, 0.3) is 0 Å². The largest absolute Gasteiger partial charge is 0.486 e. The molecule has 1 heterocycles. The van der Waals surface area contributed by atoms with E-state index in [1.54, 1.807) is 0 Å². The van der Waals surface area contributed by atoms with Crippen molar-refractivity contribution in [2.45, 2.75) is 30.9 Å². The predicted molar refractivity (Wildman–Crippen MR) is 73.9 cm³/mol. The van der Waals surface area contributed by atoms with E-state index in [1.165, 1.54) is 4.90 Å². The molecule has 17 heavy (non-hydrogen) atoms. The van der Waals surface area contributed by atoms with Crippen molar-refractivity contribution in [3.63, 3.8) is 0 Å². The van der Waals surface area contributed by atoms with Crippen LogP contribution in [0.15, 0.2) is 41.3 Å². The number of hydrogen-bond acceptors (Lipinski definition) is 3. The normalized spacial score (nSPS) is 20.2. The van der Waals surface area contributed by atoms with E-state index in [9.17, 15) is 0 Å². The van der Waals surface area contributed by atoms with Crippen LogP contribution in [0.5, 0.6) is 5.75 Å². The highest BCUT2D eigenvalue weighted by Crippen LogP contribution is 2.36. The van der Waals surface area contributed by atoms with E-state index >= 15 is 0 Å². The van der Waals surface area contributed by atoms with Crippen molar-refractivity contribution in [3.05, 3.63) is 36.4 Å². The standard InChI is InChI=1S/C14H19NOS/c1-4-15-14(10(2)3)12-9-17-13-8-6-5-7-11(13)16-12/h5-8,12,14-15H,2,4,9H2,1,3H3. The van der Waals surface area contributed by atoms with Gasteiger partial charge in [-0.2, -0.15) is 0 Å². The summed E-state index contributed by atoms with van der Waals surface area (Å²) in [5.41, 5.74) is 1.14. The molecule has 0 aromatic heterocycles. The van der Waals surface area contributed by atoms with Crippen LogP contribution >= 0.6 is 11.8 Å². The highest BCUT2D eigenvalue weighted by atomic mass is 32.2. The van der Waals surface area contributed by atoms with Gasteiger partial charge in [0.05, 0.1) is 6.04 Å². The Balaban J connectivity index is 2.13. The summed E-state index contributed by atoms with van der Waals surface area (Å²) in [6.07, 6.45) is 0.173. The number of fused-ring (bicyclic) bond motifs is 1. The number of rotatable bonds is 4. The van der Waals surface area contributed by atoms with Crippen molar-refractivity contribution in [1.29, 1.82) is 0 Å². The molecule has 2 rings (SSSR count). The van der Waals surface area contributed by atoms with Gasteiger partial charge in [-0.25, -0.2) is 0 Å². The topological polar surface area (TPSA) is 21.3 Å². The summed E-state index contributed by atoms with van der Waals surface area (Å²) in [6.45, 7) is 9.16. The van der Waals surface area contributed by atoms with Gasteiger partial charge in [0.15, 0.2) is 0 Å². The van der Waals surface area contributed by atoms with E-state index in [-0.39, 0.29) is 12.1 Å². The van der Waals surface area contributed by atoms with E-state index < -0.39 is 0 Å². The van der Waals surface area contributed by atoms with Gasteiger partial charge < -0.3 is 10.1 Å². The molecule has 92 valence electrons. The number of nitrogens with one attached hydrogen (secondary N) is 1. The van der Waals surface area contributed by atoms with E-state index in [1.807, 2.05) is 23.9 Å². The Bertz CT molecular complexity index is 405. The Kier molecular flexibility index (Phi) is 4.13. The van der Waals surface area contributed by atoms with Crippen LogP contribution in [0.2, 0.25) is 0 Å². The molecule has 2 nitrogen and oxygen atoms in total. The fourth-order valence-electron chi connectivity index (χ4n) is 2.04. The minimum absolute atomic E-state index is 0.173. The van der Waals surface area contributed by atoms with Gasteiger partial charge in [-0.15, -0.1) is 11.8 Å². The van der Waals surface area contributed by atoms with Crippen LogP contribution in [0.3, 0.4) is 0 Å². The van der Waals surface area contributed by atoms with E-state index in [2.05, 4.69) is 37.9 Å². The number of thioether (sulfide) groups is 1. The lowest BCUT2D eigenvalue weighted by molar-refractivity contribution is 0.181. The zero-order chi connectivity index (χ0) is 12.3. The summed E-state index contributed by atoms with van der Waals surface area (Å²) in [5.74, 6) is 1.97. The second-order valence-electron chi connectivity index (χ2n) is 4.30. The van der Waals surface area contributed by atoms with Crippen LogP contribution < -0.4 is 10.1 Å². The van der Waals surface area contributed by atoms with Crippen molar-refractivity contribution in [2.24, 2.45) is 0 Å². The van der Waals surface area contributed by atoms with E-state index in [0.717, 1.165) is 23.6 Å².